The maximum atomic E-state index is 11.8. The maximum Gasteiger partial charge on any atom is 0.313 e. The summed E-state index contributed by atoms with van der Waals surface area (Å²) in [5.41, 5.74) is 0.623. The summed E-state index contributed by atoms with van der Waals surface area (Å²) in [5, 5.41) is 5.30. The minimum Gasteiger partial charge on any atom is -0.348 e. The van der Waals surface area contributed by atoms with Gasteiger partial charge in [-0.1, -0.05) is 25.1 Å². The van der Waals surface area contributed by atoms with E-state index in [1.807, 2.05) is 18.2 Å². The third-order valence-electron chi connectivity index (χ3n) is 4.01. The zero-order valence-corrected chi connectivity index (χ0v) is 13.9. The van der Waals surface area contributed by atoms with Crippen LogP contribution in [-0.2, 0) is 9.59 Å². The van der Waals surface area contributed by atoms with Crippen LogP contribution in [0.5, 0.6) is 0 Å². The number of para-hydroxylation sites is 1. The lowest BCUT2D eigenvalue weighted by molar-refractivity contribution is -0.136. The van der Waals surface area contributed by atoms with Crippen LogP contribution in [0.25, 0.3) is 0 Å². The number of nitrogens with zero attached hydrogens (tertiary/aromatic N) is 2. The van der Waals surface area contributed by atoms with Gasteiger partial charge in [0.2, 0.25) is 0 Å². The second-order valence-corrected chi connectivity index (χ2v) is 6.24. The highest BCUT2D eigenvalue weighted by atomic mass is 16.2. The van der Waals surface area contributed by atoms with Gasteiger partial charge in [-0.15, -0.1) is 0 Å². The number of carbonyl (C=O) groups excluding carboxylic acids is 2. The molecule has 0 aromatic heterocycles. The molecule has 1 aliphatic rings. The van der Waals surface area contributed by atoms with Gasteiger partial charge in [-0.2, -0.15) is 0 Å². The Morgan fingerprint density at radius 2 is 1.74 bits per heavy atom. The molecule has 1 saturated heterocycles. The third kappa shape index (κ3) is 6.00. The number of benzene rings is 1. The molecule has 0 saturated carbocycles. The molecule has 1 unspecified atom stereocenters. The fourth-order valence-electron chi connectivity index (χ4n) is 2.59. The summed E-state index contributed by atoms with van der Waals surface area (Å²) in [5.74, 6) is -0.894. The quantitative estimate of drug-likeness (QED) is 0.782. The number of likely N-dealkylation sites (N-methyl/N-ethyl adjacent to an activating group) is 1. The molecule has 2 N–H and O–H groups in total. The van der Waals surface area contributed by atoms with Crippen LogP contribution in [0.2, 0.25) is 0 Å². The standard InChI is InChI=1S/C17H26N4O2/c1-14(13-21-10-8-20(2)9-11-21)12-18-16(22)17(23)19-15-6-4-3-5-7-15/h3-7,14H,8-13H2,1-2H3,(H,18,22)(H,19,23). The minimum absolute atomic E-state index is 0.312. The fourth-order valence-corrected chi connectivity index (χ4v) is 2.59. The molecule has 0 radical (unpaired) electrons. The van der Waals surface area contributed by atoms with Crippen LogP contribution < -0.4 is 10.6 Å². The van der Waals surface area contributed by atoms with E-state index in [1.165, 1.54) is 0 Å². The lowest BCUT2D eigenvalue weighted by Gasteiger charge is -2.33. The fraction of sp³-hybridized carbons (Fsp3) is 0.529. The van der Waals surface area contributed by atoms with Gasteiger partial charge < -0.3 is 20.4 Å². The second-order valence-electron chi connectivity index (χ2n) is 6.24. The van der Waals surface area contributed by atoms with Gasteiger partial charge in [0, 0.05) is 45.0 Å². The lowest BCUT2D eigenvalue weighted by atomic mass is 10.1. The van der Waals surface area contributed by atoms with Crippen molar-refractivity contribution in [3.63, 3.8) is 0 Å². The molecular formula is C17H26N4O2. The number of amides is 2. The molecule has 6 heteroatoms. The van der Waals surface area contributed by atoms with Crippen molar-refractivity contribution in [3.05, 3.63) is 30.3 Å². The molecular weight excluding hydrogens is 292 g/mol. The molecule has 126 valence electrons. The Morgan fingerprint density at radius 3 is 2.39 bits per heavy atom. The van der Waals surface area contributed by atoms with Gasteiger partial charge in [-0.25, -0.2) is 0 Å². The van der Waals surface area contributed by atoms with Gasteiger partial charge >= 0.3 is 11.8 Å². The first-order chi connectivity index (χ1) is 11.0. The molecule has 2 rings (SSSR count). The molecule has 1 aromatic carbocycles. The molecule has 1 aliphatic heterocycles. The molecule has 23 heavy (non-hydrogen) atoms. The maximum absolute atomic E-state index is 11.8. The Hall–Kier alpha value is -1.92. The first-order valence-corrected chi connectivity index (χ1v) is 8.09. The molecule has 6 nitrogen and oxygen atoms in total. The van der Waals surface area contributed by atoms with E-state index in [1.54, 1.807) is 12.1 Å². The Kier molecular flexibility index (Phi) is 6.55. The first-order valence-electron chi connectivity index (χ1n) is 8.09. The van der Waals surface area contributed by atoms with Crippen LogP contribution in [0.3, 0.4) is 0 Å². The van der Waals surface area contributed by atoms with Crippen LogP contribution in [-0.4, -0.2) is 67.9 Å². The molecule has 2 amide bonds. The van der Waals surface area contributed by atoms with E-state index in [9.17, 15) is 9.59 Å². The van der Waals surface area contributed by atoms with Crippen molar-refractivity contribution in [2.45, 2.75) is 6.92 Å². The number of nitrogens with one attached hydrogen (secondary N) is 2. The van der Waals surface area contributed by atoms with E-state index < -0.39 is 11.8 Å². The van der Waals surface area contributed by atoms with Crippen molar-refractivity contribution in [1.82, 2.24) is 15.1 Å². The summed E-state index contributed by atoms with van der Waals surface area (Å²) in [6.07, 6.45) is 0. The van der Waals surface area contributed by atoms with Gasteiger partial charge in [0.15, 0.2) is 0 Å². The second kappa shape index (κ2) is 8.64. The summed E-state index contributed by atoms with van der Waals surface area (Å²) in [6, 6.07) is 8.98. The summed E-state index contributed by atoms with van der Waals surface area (Å²) in [7, 11) is 2.13. The van der Waals surface area contributed by atoms with Crippen molar-refractivity contribution in [3.8, 4) is 0 Å². The Labute approximate surface area is 137 Å². The predicted octanol–water partition coefficient (Wildman–Crippen LogP) is 0.625. The zero-order chi connectivity index (χ0) is 16.7. The monoisotopic (exact) mass is 318 g/mol. The minimum atomic E-state index is -0.622. The average Bonchev–Trinajstić information content (AvgIpc) is 2.55. The van der Waals surface area contributed by atoms with Gasteiger partial charge in [0.25, 0.3) is 0 Å². The molecule has 1 aromatic rings. The molecule has 0 aliphatic carbocycles. The van der Waals surface area contributed by atoms with Crippen molar-refractivity contribution in [1.29, 1.82) is 0 Å². The van der Waals surface area contributed by atoms with Crippen LogP contribution in [0.15, 0.2) is 30.3 Å². The molecule has 1 heterocycles. The summed E-state index contributed by atoms with van der Waals surface area (Å²) in [6.45, 7) is 7.82. The third-order valence-corrected chi connectivity index (χ3v) is 4.01. The first kappa shape index (κ1) is 17.4. The predicted molar refractivity (Wildman–Crippen MR) is 91.2 cm³/mol. The lowest BCUT2D eigenvalue weighted by Crippen LogP contribution is -2.47. The molecule has 0 bridgehead atoms. The van der Waals surface area contributed by atoms with E-state index in [0.29, 0.717) is 18.2 Å². The number of rotatable bonds is 5. The summed E-state index contributed by atoms with van der Waals surface area (Å²) in [4.78, 5) is 28.4. The smallest absolute Gasteiger partial charge is 0.313 e. The number of carbonyl (C=O) groups is 2. The molecule has 0 spiro atoms. The zero-order valence-electron chi connectivity index (χ0n) is 13.9. The SMILES string of the molecule is CC(CNC(=O)C(=O)Nc1ccccc1)CN1CCN(C)CC1. The van der Waals surface area contributed by atoms with Gasteiger partial charge in [0.05, 0.1) is 0 Å². The van der Waals surface area contributed by atoms with Crippen molar-refractivity contribution < 1.29 is 9.59 Å². The van der Waals surface area contributed by atoms with Gasteiger partial charge in [0.1, 0.15) is 0 Å². The molecule has 1 fully saturated rings. The van der Waals surface area contributed by atoms with Crippen molar-refractivity contribution in [2.75, 3.05) is 51.6 Å². The Morgan fingerprint density at radius 1 is 1.09 bits per heavy atom. The van der Waals surface area contributed by atoms with Crippen molar-refractivity contribution >= 4 is 17.5 Å². The number of piperazine rings is 1. The van der Waals surface area contributed by atoms with Gasteiger partial charge in [-0.05, 0) is 25.1 Å². The van der Waals surface area contributed by atoms with E-state index >= 15 is 0 Å². The number of anilines is 1. The highest BCUT2D eigenvalue weighted by molar-refractivity contribution is 6.39. The molecule has 1 atom stereocenters. The Balaban J connectivity index is 1.68. The topological polar surface area (TPSA) is 64.7 Å². The summed E-state index contributed by atoms with van der Waals surface area (Å²) < 4.78 is 0. The van der Waals surface area contributed by atoms with Crippen molar-refractivity contribution in [2.24, 2.45) is 5.92 Å². The van der Waals surface area contributed by atoms with Crippen LogP contribution in [0, 0.1) is 5.92 Å². The highest BCUT2D eigenvalue weighted by Crippen LogP contribution is 2.05. The van der Waals surface area contributed by atoms with E-state index in [-0.39, 0.29) is 0 Å². The average molecular weight is 318 g/mol. The van der Waals surface area contributed by atoms with Crippen LogP contribution in [0.1, 0.15) is 6.92 Å². The largest absolute Gasteiger partial charge is 0.348 e. The number of hydrogen-bond donors (Lipinski definition) is 2. The number of hydrogen-bond acceptors (Lipinski definition) is 4. The van der Waals surface area contributed by atoms with E-state index in [4.69, 9.17) is 0 Å². The van der Waals surface area contributed by atoms with E-state index in [0.717, 1.165) is 32.7 Å². The van der Waals surface area contributed by atoms with E-state index in [2.05, 4.69) is 34.4 Å². The van der Waals surface area contributed by atoms with Crippen LogP contribution in [0.4, 0.5) is 5.69 Å². The summed E-state index contributed by atoms with van der Waals surface area (Å²) >= 11 is 0. The normalized spacial score (nSPS) is 17.5. The highest BCUT2D eigenvalue weighted by Gasteiger charge is 2.18. The van der Waals surface area contributed by atoms with Crippen LogP contribution >= 0.6 is 0 Å². The Bertz CT molecular complexity index is 513. The van der Waals surface area contributed by atoms with Gasteiger partial charge in [-0.3, -0.25) is 9.59 Å².